The Labute approximate surface area is 184 Å². The minimum atomic E-state index is -4.63. The highest BCUT2D eigenvalue weighted by atomic mass is 19.4. The molecule has 3 rings (SSSR count). The Morgan fingerprint density at radius 3 is 2.44 bits per heavy atom. The fourth-order valence-electron chi connectivity index (χ4n) is 3.56. The van der Waals surface area contributed by atoms with E-state index in [1.807, 2.05) is 20.8 Å². The molecule has 1 N–H and O–H groups in total. The van der Waals surface area contributed by atoms with Gasteiger partial charge in [-0.3, -0.25) is 14.3 Å². The monoisotopic (exact) mass is 452 g/mol. The van der Waals surface area contributed by atoms with E-state index in [1.165, 1.54) is 25.2 Å². The maximum Gasteiger partial charge on any atom is 0.435 e. The predicted molar refractivity (Wildman–Crippen MR) is 112 cm³/mol. The van der Waals surface area contributed by atoms with Crippen molar-refractivity contribution in [3.05, 3.63) is 41.3 Å². The molecule has 2 amide bonds. The van der Waals surface area contributed by atoms with E-state index in [4.69, 9.17) is 0 Å². The number of anilines is 1. The second-order valence-corrected chi connectivity index (χ2v) is 8.95. The third-order valence-corrected chi connectivity index (χ3v) is 5.22. The summed E-state index contributed by atoms with van der Waals surface area (Å²) in [5, 5.41) is 6.62. The van der Waals surface area contributed by atoms with Crippen LogP contribution in [0, 0.1) is 0 Å². The molecule has 32 heavy (non-hydrogen) atoms. The van der Waals surface area contributed by atoms with Gasteiger partial charge < -0.3 is 15.1 Å². The minimum Gasteiger partial charge on any atom is -0.365 e. The molecule has 1 aliphatic rings. The van der Waals surface area contributed by atoms with Crippen LogP contribution in [0.15, 0.2) is 24.4 Å². The molecule has 0 bridgehead atoms. The van der Waals surface area contributed by atoms with E-state index in [0.717, 1.165) is 10.7 Å². The third kappa shape index (κ3) is 5.20. The maximum atomic E-state index is 12.9. The Kier molecular flexibility index (Phi) is 6.21. The summed E-state index contributed by atoms with van der Waals surface area (Å²) in [5.41, 5.74) is -1.000. The lowest BCUT2D eigenvalue weighted by atomic mass is 10.1. The fourth-order valence-corrected chi connectivity index (χ4v) is 3.56. The lowest BCUT2D eigenvalue weighted by molar-refractivity contribution is -0.141. The van der Waals surface area contributed by atoms with Crippen molar-refractivity contribution in [2.45, 2.75) is 44.9 Å². The lowest BCUT2D eigenvalue weighted by Gasteiger charge is -2.25. The van der Waals surface area contributed by atoms with Crippen molar-refractivity contribution in [3.8, 4) is 0 Å². The highest BCUT2D eigenvalue weighted by Crippen LogP contribution is 2.29. The Balaban J connectivity index is 1.65. The van der Waals surface area contributed by atoms with Crippen LogP contribution in [0.4, 0.5) is 19.0 Å². The number of amides is 2. The third-order valence-electron chi connectivity index (χ3n) is 5.22. The smallest absolute Gasteiger partial charge is 0.365 e. The van der Waals surface area contributed by atoms with E-state index in [-0.39, 0.29) is 29.7 Å². The van der Waals surface area contributed by atoms with Crippen LogP contribution < -0.4 is 5.32 Å². The van der Waals surface area contributed by atoms with E-state index in [2.05, 4.69) is 15.4 Å². The molecule has 8 nitrogen and oxygen atoms in total. The molecule has 0 aliphatic carbocycles. The summed E-state index contributed by atoms with van der Waals surface area (Å²) in [7, 11) is 2.82. The molecule has 1 atom stereocenters. The number of aromatic nitrogens is 3. The molecule has 1 saturated heterocycles. The van der Waals surface area contributed by atoms with Crippen molar-refractivity contribution in [3.63, 3.8) is 0 Å². The number of carbonyl (C=O) groups excluding carboxylic acids is 2. The number of carbonyl (C=O) groups is 2. The fraction of sp³-hybridized carbons (Fsp3) is 0.524. The number of pyridine rings is 1. The highest BCUT2D eigenvalue weighted by Gasteiger charge is 2.37. The van der Waals surface area contributed by atoms with Gasteiger partial charge in [0.15, 0.2) is 5.69 Å². The number of nitrogens with zero attached hydrogens (tertiary/aromatic N) is 5. The number of likely N-dealkylation sites (N-methyl/N-ethyl adjacent to an activating group) is 1. The van der Waals surface area contributed by atoms with Crippen LogP contribution in [-0.4, -0.2) is 68.1 Å². The van der Waals surface area contributed by atoms with Crippen LogP contribution in [0.2, 0.25) is 0 Å². The molecule has 1 fully saturated rings. The Bertz CT molecular complexity index is 994. The first-order chi connectivity index (χ1) is 14.8. The zero-order valence-electron chi connectivity index (χ0n) is 18.7. The molecule has 3 heterocycles. The van der Waals surface area contributed by atoms with E-state index in [1.54, 1.807) is 17.0 Å². The first-order valence-corrected chi connectivity index (χ1v) is 10.2. The van der Waals surface area contributed by atoms with Crippen molar-refractivity contribution >= 4 is 17.6 Å². The molecule has 0 aromatic carbocycles. The number of nitrogens with one attached hydrogen (secondary N) is 1. The van der Waals surface area contributed by atoms with Gasteiger partial charge in [0.05, 0.1) is 11.6 Å². The number of aryl methyl sites for hydroxylation is 1. The molecule has 0 radical (unpaired) electrons. The van der Waals surface area contributed by atoms with Gasteiger partial charge in [-0.05, 0) is 39.3 Å². The van der Waals surface area contributed by atoms with E-state index in [9.17, 15) is 22.8 Å². The van der Waals surface area contributed by atoms with Gasteiger partial charge >= 0.3 is 6.18 Å². The predicted octanol–water partition coefficient (Wildman–Crippen LogP) is 3.03. The van der Waals surface area contributed by atoms with Gasteiger partial charge in [-0.25, -0.2) is 4.98 Å². The summed E-state index contributed by atoms with van der Waals surface area (Å²) in [6, 6.07) is 3.86. The standard InChI is InChI=1S/C21H27F3N6O2/c1-20(2,3)26-17-7-6-13(11-25-17)18(31)30-9-8-14(12-30)28(4)19(32)15-10-16(21(22,23)24)27-29(15)5/h6-7,10-11,14H,8-9,12H2,1-5H3,(H,25,26)/t14-/m0/s1. The van der Waals surface area contributed by atoms with Crippen molar-refractivity contribution in [2.24, 2.45) is 7.05 Å². The highest BCUT2D eigenvalue weighted by molar-refractivity contribution is 5.95. The van der Waals surface area contributed by atoms with E-state index < -0.39 is 17.8 Å². The van der Waals surface area contributed by atoms with Crippen LogP contribution in [-0.2, 0) is 13.2 Å². The normalized spacial score (nSPS) is 16.9. The lowest BCUT2D eigenvalue weighted by Crippen LogP contribution is -2.40. The van der Waals surface area contributed by atoms with E-state index >= 15 is 0 Å². The van der Waals surface area contributed by atoms with Gasteiger partial charge in [0, 0.05) is 45.0 Å². The maximum absolute atomic E-state index is 12.9. The Hall–Kier alpha value is -3.11. The second-order valence-electron chi connectivity index (χ2n) is 8.95. The molecule has 174 valence electrons. The second kappa shape index (κ2) is 8.44. The zero-order valence-corrected chi connectivity index (χ0v) is 18.7. The van der Waals surface area contributed by atoms with Gasteiger partial charge in [0.25, 0.3) is 11.8 Å². The summed E-state index contributed by atoms with van der Waals surface area (Å²) in [5.74, 6) is -0.120. The Morgan fingerprint density at radius 2 is 1.91 bits per heavy atom. The van der Waals surface area contributed by atoms with Crippen molar-refractivity contribution in [1.29, 1.82) is 0 Å². The van der Waals surface area contributed by atoms with Gasteiger partial charge in [-0.1, -0.05) is 0 Å². The summed E-state index contributed by atoms with van der Waals surface area (Å²) in [6.45, 7) is 6.73. The van der Waals surface area contributed by atoms with Crippen LogP contribution in [0.25, 0.3) is 0 Å². The molecule has 1 aliphatic heterocycles. The molecule has 2 aromatic rings. The van der Waals surface area contributed by atoms with Crippen molar-refractivity contribution in [1.82, 2.24) is 24.6 Å². The summed E-state index contributed by atoms with van der Waals surface area (Å²) in [4.78, 5) is 32.9. The quantitative estimate of drug-likeness (QED) is 0.771. The van der Waals surface area contributed by atoms with Crippen LogP contribution >= 0.6 is 0 Å². The molecular weight excluding hydrogens is 425 g/mol. The number of alkyl halides is 3. The Morgan fingerprint density at radius 1 is 1.22 bits per heavy atom. The summed E-state index contributed by atoms with van der Waals surface area (Å²) >= 11 is 0. The molecule has 0 spiro atoms. The van der Waals surface area contributed by atoms with Crippen molar-refractivity contribution in [2.75, 3.05) is 25.5 Å². The minimum absolute atomic E-state index is 0.157. The van der Waals surface area contributed by atoms with E-state index in [0.29, 0.717) is 24.3 Å². The number of rotatable bonds is 4. The summed E-state index contributed by atoms with van der Waals surface area (Å²) < 4.78 is 39.6. The van der Waals surface area contributed by atoms with Crippen molar-refractivity contribution < 1.29 is 22.8 Å². The largest absolute Gasteiger partial charge is 0.435 e. The number of hydrogen-bond acceptors (Lipinski definition) is 5. The topological polar surface area (TPSA) is 83.4 Å². The average Bonchev–Trinajstić information content (AvgIpc) is 3.32. The number of halogens is 3. The van der Waals surface area contributed by atoms with Crippen LogP contribution in [0.1, 0.15) is 53.7 Å². The van der Waals surface area contributed by atoms with Gasteiger partial charge in [0.1, 0.15) is 11.5 Å². The SMILES string of the molecule is CN(C(=O)c1cc(C(F)(F)F)nn1C)[C@H]1CCN(C(=O)c2ccc(NC(C)(C)C)nc2)C1. The molecule has 0 saturated carbocycles. The van der Waals surface area contributed by atoms with Gasteiger partial charge in [0.2, 0.25) is 0 Å². The molecule has 2 aromatic heterocycles. The number of likely N-dealkylation sites (tertiary alicyclic amines) is 1. The average molecular weight is 452 g/mol. The first-order valence-electron chi connectivity index (χ1n) is 10.2. The molecule has 11 heteroatoms. The zero-order chi connectivity index (χ0) is 23.8. The van der Waals surface area contributed by atoms with Crippen LogP contribution in [0.5, 0.6) is 0 Å². The number of hydrogen-bond donors (Lipinski definition) is 1. The summed E-state index contributed by atoms with van der Waals surface area (Å²) in [6.07, 6.45) is -2.60. The van der Waals surface area contributed by atoms with Gasteiger partial charge in [-0.2, -0.15) is 18.3 Å². The first kappa shape index (κ1) is 23.6. The molecule has 0 unspecified atom stereocenters. The van der Waals surface area contributed by atoms with Crippen LogP contribution in [0.3, 0.4) is 0 Å². The molecular formula is C21H27F3N6O2. The van der Waals surface area contributed by atoms with Gasteiger partial charge in [-0.15, -0.1) is 0 Å².